The Balaban J connectivity index is 2.01. The second-order valence-corrected chi connectivity index (χ2v) is 4.44. The Morgan fingerprint density at radius 2 is 2.06 bits per heavy atom. The summed E-state index contributed by atoms with van der Waals surface area (Å²) in [5.41, 5.74) is 1.86. The van der Waals surface area contributed by atoms with Crippen LogP contribution in [-0.4, -0.2) is 10.9 Å². The van der Waals surface area contributed by atoms with E-state index in [1.807, 2.05) is 31.2 Å². The van der Waals surface area contributed by atoms with E-state index in [1.165, 1.54) is 0 Å². The van der Waals surface area contributed by atoms with Crippen molar-refractivity contribution in [2.75, 3.05) is 5.32 Å². The number of rotatable bonds is 3. The van der Waals surface area contributed by atoms with Crippen LogP contribution in [0.25, 0.3) is 0 Å². The minimum Gasteiger partial charge on any atom is -0.310 e. The molecule has 0 unspecified atom stereocenters. The first-order chi connectivity index (χ1) is 8.65. The van der Waals surface area contributed by atoms with Crippen molar-refractivity contribution < 1.29 is 4.79 Å². The van der Waals surface area contributed by atoms with E-state index >= 15 is 0 Å². The van der Waals surface area contributed by atoms with Gasteiger partial charge in [-0.1, -0.05) is 35.9 Å². The van der Waals surface area contributed by atoms with Crippen LogP contribution in [0.1, 0.15) is 11.1 Å². The van der Waals surface area contributed by atoms with E-state index < -0.39 is 0 Å². The number of hydrogen-bond acceptors (Lipinski definition) is 2. The highest BCUT2D eigenvalue weighted by Crippen LogP contribution is 2.16. The maximum absolute atomic E-state index is 11.8. The van der Waals surface area contributed by atoms with Crippen LogP contribution in [0.15, 0.2) is 42.6 Å². The van der Waals surface area contributed by atoms with E-state index in [1.54, 1.807) is 18.3 Å². The van der Waals surface area contributed by atoms with Crippen LogP contribution in [0.5, 0.6) is 0 Å². The maximum Gasteiger partial charge on any atom is 0.230 e. The molecule has 0 radical (unpaired) electrons. The summed E-state index contributed by atoms with van der Waals surface area (Å²) in [6, 6.07) is 11.0. The van der Waals surface area contributed by atoms with Crippen LogP contribution in [0.4, 0.5) is 5.82 Å². The van der Waals surface area contributed by atoms with Gasteiger partial charge in [-0.25, -0.2) is 4.98 Å². The molecule has 0 spiro atoms. The van der Waals surface area contributed by atoms with Gasteiger partial charge in [0.15, 0.2) is 0 Å². The van der Waals surface area contributed by atoms with E-state index in [0.29, 0.717) is 10.8 Å². The number of hydrogen-bond donors (Lipinski definition) is 1. The molecule has 18 heavy (non-hydrogen) atoms. The van der Waals surface area contributed by atoms with Gasteiger partial charge in [-0.15, -0.1) is 0 Å². The summed E-state index contributed by atoms with van der Waals surface area (Å²) in [6.07, 6.45) is 1.96. The highest BCUT2D eigenvalue weighted by molar-refractivity contribution is 6.31. The molecule has 2 aromatic rings. The predicted molar refractivity (Wildman–Crippen MR) is 72.8 cm³/mol. The molecule has 4 heteroatoms. The largest absolute Gasteiger partial charge is 0.310 e. The normalized spacial score (nSPS) is 10.1. The number of pyridine rings is 1. The van der Waals surface area contributed by atoms with Crippen molar-refractivity contribution in [1.82, 2.24) is 4.98 Å². The molecule has 1 amide bonds. The molecule has 0 aliphatic rings. The van der Waals surface area contributed by atoms with Gasteiger partial charge in [0.25, 0.3) is 0 Å². The van der Waals surface area contributed by atoms with Gasteiger partial charge < -0.3 is 5.32 Å². The Bertz CT molecular complexity index is 552. The number of nitrogens with one attached hydrogen (secondary N) is 1. The highest BCUT2D eigenvalue weighted by atomic mass is 35.5. The van der Waals surface area contributed by atoms with Gasteiger partial charge in [0, 0.05) is 11.2 Å². The van der Waals surface area contributed by atoms with Crippen molar-refractivity contribution in [3.05, 3.63) is 58.7 Å². The first-order valence-corrected chi connectivity index (χ1v) is 5.99. The maximum atomic E-state index is 11.8. The van der Waals surface area contributed by atoms with Crippen molar-refractivity contribution >= 4 is 23.3 Å². The zero-order valence-corrected chi connectivity index (χ0v) is 10.7. The summed E-state index contributed by atoms with van der Waals surface area (Å²) >= 11 is 6.00. The lowest BCUT2D eigenvalue weighted by Gasteiger charge is -2.06. The van der Waals surface area contributed by atoms with Crippen LogP contribution < -0.4 is 5.32 Å². The standard InChI is InChI=1S/C14H13ClN2O/c1-10-6-7-13(16-9-10)17-14(18)8-11-4-2-3-5-12(11)15/h2-7,9H,8H2,1H3,(H,16,17,18). The molecule has 0 saturated carbocycles. The third-order valence-electron chi connectivity index (χ3n) is 2.49. The number of aromatic nitrogens is 1. The molecule has 0 fully saturated rings. The average Bonchev–Trinajstić information content (AvgIpc) is 2.35. The van der Waals surface area contributed by atoms with E-state index in [0.717, 1.165) is 11.1 Å². The smallest absolute Gasteiger partial charge is 0.230 e. The second kappa shape index (κ2) is 5.65. The van der Waals surface area contributed by atoms with Crippen LogP contribution in [0.3, 0.4) is 0 Å². The summed E-state index contributed by atoms with van der Waals surface area (Å²) in [4.78, 5) is 15.9. The molecule has 92 valence electrons. The van der Waals surface area contributed by atoms with Crippen molar-refractivity contribution in [3.8, 4) is 0 Å². The molecule has 0 atom stereocenters. The van der Waals surface area contributed by atoms with Gasteiger partial charge in [-0.05, 0) is 30.2 Å². The molecule has 3 nitrogen and oxygen atoms in total. The van der Waals surface area contributed by atoms with Crippen LogP contribution in [-0.2, 0) is 11.2 Å². The Hall–Kier alpha value is -1.87. The first kappa shape index (κ1) is 12.6. The zero-order chi connectivity index (χ0) is 13.0. The highest BCUT2D eigenvalue weighted by Gasteiger charge is 2.07. The molecule has 0 saturated heterocycles. The van der Waals surface area contributed by atoms with Crippen molar-refractivity contribution in [1.29, 1.82) is 0 Å². The molecule has 0 aliphatic carbocycles. The number of benzene rings is 1. The van der Waals surface area contributed by atoms with Crippen LogP contribution >= 0.6 is 11.6 Å². The average molecular weight is 261 g/mol. The topological polar surface area (TPSA) is 42.0 Å². The van der Waals surface area contributed by atoms with Gasteiger partial charge in [0.1, 0.15) is 5.82 Å². The van der Waals surface area contributed by atoms with E-state index in [-0.39, 0.29) is 12.3 Å². The summed E-state index contributed by atoms with van der Waals surface area (Å²) in [6.45, 7) is 1.95. The summed E-state index contributed by atoms with van der Waals surface area (Å²) in [7, 11) is 0. The van der Waals surface area contributed by atoms with E-state index in [9.17, 15) is 4.79 Å². The van der Waals surface area contributed by atoms with E-state index in [4.69, 9.17) is 11.6 Å². The van der Waals surface area contributed by atoms with Crippen molar-refractivity contribution in [2.24, 2.45) is 0 Å². The minimum absolute atomic E-state index is 0.126. The minimum atomic E-state index is -0.126. The van der Waals surface area contributed by atoms with Gasteiger partial charge in [0.05, 0.1) is 6.42 Å². The Morgan fingerprint density at radius 3 is 2.72 bits per heavy atom. The van der Waals surface area contributed by atoms with Gasteiger partial charge >= 0.3 is 0 Å². The predicted octanol–water partition coefficient (Wildman–Crippen LogP) is 3.22. The molecule has 1 aromatic heterocycles. The lowest BCUT2D eigenvalue weighted by Crippen LogP contribution is -2.15. The van der Waals surface area contributed by atoms with Gasteiger partial charge in [-0.2, -0.15) is 0 Å². The van der Waals surface area contributed by atoms with E-state index in [2.05, 4.69) is 10.3 Å². The Labute approximate surface area is 111 Å². The number of aryl methyl sites for hydroxylation is 1. The molecule has 1 N–H and O–H groups in total. The number of nitrogens with zero attached hydrogens (tertiary/aromatic N) is 1. The van der Waals surface area contributed by atoms with Gasteiger partial charge in [0.2, 0.25) is 5.91 Å². The molecule has 2 rings (SSSR count). The third kappa shape index (κ3) is 3.31. The number of carbonyl (C=O) groups excluding carboxylic acids is 1. The monoisotopic (exact) mass is 260 g/mol. The Kier molecular flexibility index (Phi) is 3.95. The van der Waals surface area contributed by atoms with Crippen LogP contribution in [0.2, 0.25) is 5.02 Å². The molecular formula is C14H13ClN2O. The second-order valence-electron chi connectivity index (χ2n) is 4.04. The third-order valence-corrected chi connectivity index (χ3v) is 2.86. The quantitative estimate of drug-likeness (QED) is 0.921. The zero-order valence-electron chi connectivity index (χ0n) is 9.98. The number of amides is 1. The lowest BCUT2D eigenvalue weighted by molar-refractivity contribution is -0.115. The van der Waals surface area contributed by atoms with Crippen molar-refractivity contribution in [3.63, 3.8) is 0 Å². The molecule has 0 aliphatic heterocycles. The SMILES string of the molecule is Cc1ccc(NC(=O)Cc2ccccc2Cl)nc1. The van der Waals surface area contributed by atoms with Gasteiger partial charge in [-0.3, -0.25) is 4.79 Å². The first-order valence-electron chi connectivity index (χ1n) is 5.61. The number of anilines is 1. The number of carbonyl (C=O) groups is 1. The molecule has 0 bridgehead atoms. The molecule has 1 heterocycles. The fourth-order valence-corrected chi connectivity index (χ4v) is 1.75. The lowest BCUT2D eigenvalue weighted by atomic mass is 10.1. The number of halogens is 1. The van der Waals surface area contributed by atoms with Crippen molar-refractivity contribution in [2.45, 2.75) is 13.3 Å². The van der Waals surface area contributed by atoms with Crippen LogP contribution in [0, 0.1) is 6.92 Å². The summed E-state index contributed by atoms with van der Waals surface area (Å²) in [5, 5.41) is 3.34. The fourth-order valence-electron chi connectivity index (χ4n) is 1.54. The summed E-state index contributed by atoms with van der Waals surface area (Å²) < 4.78 is 0. The summed E-state index contributed by atoms with van der Waals surface area (Å²) in [5.74, 6) is 0.428. The fraction of sp³-hybridized carbons (Fsp3) is 0.143. The molecule has 1 aromatic carbocycles. The molecular weight excluding hydrogens is 248 g/mol. The Morgan fingerprint density at radius 1 is 1.28 bits per heavy atom.